The van der Waals surface area contributed by atoms with E-state index < -0.39 is 13.6 Å². The van der Waals surface area contributed by atoms with Gasteiger partial charge in [0.2, 0.25) is 0 Å². The van der Waals surface area contributed by atoms with Crippen LogP contribution in [0.4, 0.5) is 0 Å². The van der Waals surface area contributed by atoms with E-state index in [-0.39, 0.29) is 6.42 Å². The normalized spacial score (nSPS) is 17.5. The van der Waals surface area contributed by atoms with Gasteiger partial charge in [-0.3, -0.25) is 4.79 Å². The molecular formula is C22H27O4P. The molecule has 1 heterocycles. The van der Waals surface area contributed by atoms with Gasteiger partial charge in [0.1, 0.15) is 5.75 Å². The number of carbonyl (C=O) groups excluding carboxylic acids is 1. The van der Waals surface area contributed by atoms with Crippen LogP contribution in [-0.2, 0) is 13.9 Å². The average molecular weight is 386 g/mol. The summed E-state index contributed by atoms with van der Waals surface area (Å²) in [6, 6.07) is 14.7. The molecule has 2 aromatic rings. The number of hydrogen-bond donors (Lipinski definition) is 0. The summed E-state index contributed by atoms with van der Waals surface area (Å²) >= 11 is 0. The monoisotopic (exact) mass is 386 g/mol. The van der Waals surface area contributed by atoms with Gasteiger partial charge in [0.25, 0.3) is 0 Å². The third-order valence-corrected chi connectivity index (χ3v) is 6.66. The number of fused-ring (bicyclic) bond motifs is 3. The first kappa shape index (κ1) is 19.7. The molecular weight excluding hydrogens is 359 g/mol. The highest BCUT2D eigenvalue weighted by molar-refractivity contribution is 7.63. The summed E-state index contributed by atoms with van der Waals surface area (Å²) in [7, 11) is -3.71. The molecule has 0 spiro atoms. The molecule has 0 aromatic heterocycles. The van der Waals surface area contributed by atoms with Crippen molar-refractivity contribution in [2.75, 3.05) is 0 Å². The summed E-state index contributed by atoms with van der Waals surface area (Å²) < 4.78 is 24.5. The molecule has 0 bridgehead atoms. The Morgan fingerprint density at radius 2 is 1.52 bits per heavy atom. The van der Waals surface area contributed by atoms with E-state index in [1.807, 2.05) is 30.3 Å². The van der Waals surface area contributed by atoms with Crippen molar-refractivity contribution in [1.82, 2.24) is 0 Å². The Balaban J connectivity index is 1.61. The SMILES string of the molecule is CCCCCCCCCC(=O)OP1(=O)Oc2ccccc2-c2ccccc21. The van der Waals surface area contributed by atoms with E-state index in [1.165, 1.54) is 25.7 Å². The van der Waals surface area contributed by atoms with Crippen molar-refractivity contribution >= 4 is 18.9 Å². The van der Waals surface area contributed by atoms with E-state index in [0.29, 0.717) is 11.1 Å². The zero-order chi connectivity index (χ0) is 19.1. The lowest BCUT2D eigenvalue weighted by Gasteiger charge is -2.27. The molecule has 0 aliphatic carbocycles. The average Bonchev–Trinajstić information content (AvgIpc) is 2.67. The molecule has 3 rings (SSSR count). The molecule has 0 amide bonds. The van der Waals surface area contributed by atoms with Crippen LogP contribution in [0.25, 0.3) is 11.1 Å². The van der Waals surface area contributed by atoms with Crippen LogP contribution in [-0.4, -0.2) is 5.97 Å². The smallest absolute Gasteiger partial charge is 0.412 e. The molecule has 0 saturated heterocycles. The van der Waals surface area contributed by atoms with Crippen LogP contribution in [0.15, 0.2) is 48.5 Å². The minimum atomic E-state index is -3.71. The van der Waals surface area contributed by atoms with Gasteiger partial charge in [0.05, 0.1) is 5.30 Å². The topological polar surface area (TPSA) is 52.6 Å². The van der Waals surface area contributed by atoms with E-state index in [1.54, 1.807) is 18.2 Å². The van der Waals surface area contributed by atoms with Crippen LogP contribution < -0.4 is 9.83 Å². The second-order valence-electron chi connectivity index (χ2n) is 6.94. The number of para-hydroxylation sites is 1. The molecule has 2 aromatic carbocycles. The molecule has 0 saturated carbocycles. The predicted octanol–water partition coefficient (Wildman–Crippen LogP) is 6.25. The van der Waals surface area contributed by atoms with Gasteiger partial charge in [-0.1, -0.05) is 81.8 Å². The highest BCUT2D eigenvalue weighted by Gasteiger charge is 2.40. The highest BCUT2D eigenvalue weighted by Crippen LogP contribution is 2.55. The first-order chi connectivity index (χ1) is 13.1. The van der Waals surface area contributed by atoms with Gasteiger partial charge in [-0.25, -0.2) is 4.57 Å². The van der Waals surface area contributed by atoms with Crippen molar-refractivity contribution in [2.24, 2.45) is 0 Å². The Hall–Kier alpha value is -2.06. The molecule has 0 radical (unpaired) electrons. The van der Waals surface area contributed by atoms with Crippen molar-refractivity contribution in [3.63, 3.8) is 0 Å². The maximum absolute atomic E-state index is 13.4. The van der Waals surface area contributed by atoms with Crippen molar-refractivity contribution < 1.29 is 18.4 Å². The lowest BCUT2D eigenvalue weighted by Crippen LogP contribution is -2.21. The zero-order valence-electron chi connectivity index (χ0n) is 15.9. The van der Waals surface area contributed by atoms with Gasteiger partial charge in [0.15, 0.2) is 0 Å². The van der Waals surface area contributed by atoms with E-state index in [0.717, 1.165) is 30.4 Å². The van der Waals surface area contributed by atoms with Crippen LogP contribution in [0.2, 0.25) is 0 Å². The molecule has 4 nitrogen and oxygen atoms in total. The fraction of sp³-hybridized carbons (Fsp3) is 0.409. The minimum absolute atomic E-state index is 0.269. The maximum atomic E-state index is 13.4. The number of rotatable bonds is 9. The van der Waals surface area contributed by atoms with Crippen molar-refractivity contribution in [3.05, 3.63) is 48.5 Å². The van der Waals surface area contributed by atoms with E-state index in [9.17, 15) is 9.36 Å². The number of carbonyl (C=O) groups is 1. The lowest BCUT2D eigenvalue weighted by molar-refractivity contribution is -0.134. The summed E-state index contributed by atoms with van der Waals surface area (Å²) in [4.78, 5) is 12.3. The van der Waals surface area contributed by atoms with E-state index >= 15 is 0 Å². The Morgan fingerprint density at radius 1 is 0.889 bits per heavy atom. The number of hydrogen-bond acceptors (Lipinski definition) is 4. The summed E-state index contributed by atoms with van der Waals surface area (Å²) in [6.07, 6.45) is 8.08. The van der Waals surface area contributed by atoms with Crippen molar-refractivity contribution in [2.45, 2.75) is 58.3 Å². The zero-order valence-corrected chi connectivity index (χ0v) is 16.8. The Morgan fingerprint density at radius 3 is 2.30 bits per heavy atom. The van der Waals surface area contributed by atoms with Crippen LogP contribution in [0.5, 0.6) is 5.75 Å². The van der Waals surface area contributed by atoms with Crippen molar-refractivity contribution in [1.29, 1.82) is 0 Å². The Kier molecular flexibility index (Phi) is 6.73. The first-order valence-electron chi connectivity index (χ1n) is 9.85. The molecule has 0 fully saturated rings. The molecule has 27 heavy (non-hydrogen) atoms. The van der Waals surface area contributed by atoms with Gasteiger partial charge in [-0.05, 0) is 18.6 Å². The largest absolute Gasteiger partial charge is 0.465 e. The summed E-state index contributed by atoms with van der Waals surface area (Å²) in [5, 5.41) is 0.455. The maximum Gasteiger partial charge on any atom is 0.465 e. The number of unbranched alkanes of at least 4 members (excludes halogenated alkanes) is 6. The molecule has 1 unspecified atom stereocenters. The molecule has 1 atom stereocenters. The molecule has 1 aliphatic heterocycles. The van der Waals surface area contributed by atoms with Gasteiger partial charge in [0, 0.05) is 17.5 Å². The minimum Gasteiger partial charge on any atom is -0.412 e. The quantitative estimate of drug-likeness (QED) is 0.378. The van der Waals surface area contributed by atoms with Gasteiger partial charge >= 0.3 is 13.6 Å². The molecule has 0 N–H and O–H groups in total. The second kappa shape index (κ2) is 9.23. The third kappa shape index (κ3) is 4.81. The van der Waals surface area contributed by atoms with Crippen LogP contribution in [0.3, 0.4) is 0 Å². The molecule has 5 heteroatoms. The number of benzene rings is 2. The summed E-state index contributed by atoms with van der Waals surface area (Å²) in [5.74, 6) is 0.0318. The van der Waals surface area contributed by atoms with E-state index in [4.69, 9.17) is 9.05 Å². The van der Waals surface area contributed by atoms with Gasteiger partial charge in [-0.15, -0.1) is 0 Å². The predicted molar refractivity (Wildman–Crippen MR) is 108 cm³/mol. The van der Waals surface area contributed by atoms with Gasteiger partial charge in [-0.2, -0.15) is 0 Å². The standard InChI is InChI=1S/C22H27O4P/c1-2-3-4-5-6-7-8-17-22(23)26-27(24)21-16-12-10-14-19(21)18-13-9-11-15-20(18)25-27/h9-16H,2-8,17H2,1H3. The highest BCUT2D eigenvalue weighted by atomic mass is 31.2. The third-order valence-electron chi connectivity index (χ3n) is 4.80. The van der Waals surface area contributed by atoms with Crippen LogP contribution in [0.1, 0.15) is 58.3 Å². The van der Waals surface area contributed by atoms with Crippen molar-refractivity contribution in [3.8, 4) is 16.9 Å². The van der Waals surface area contributed by atoms with Gasteiger partial charge < -0.3 is 9.05 Å². The summed E-state index contributed by atoms with van der Waals surface area (Å²) in [6.45, 7) is 2.20. The summed E-state index contributed by atoms with van der Waals surface area (Å²) in [5.41, 5.74) is 1.66. The Labute approximate surface area is 161 Å². The Bertz CT molecular complexity index is 831. The molecule has 1 aliphatic rings. The molecule has 144 valence electrons. The van der Waals surface area contributed by atoms with Crippen LogP contribution >= 0.6 is 7.60 Å². The van der Waals surface area contributed by atoms with Crippen LogP contribution in [0, 0.1) is 0 Å². The fourth-order valence-electron chi connectivity index (χ4n) is 3.36. The fourth-order valence-corrected chi connectivity index (χ4v) is 5.13. The lowest BCUT2D eigenvalue weighted by atomic mass is 10.0. The first-order valence-corrected chi connectivity index (χ1v) is 11.4. The van der Waals surface area contributed by atoms with E-state index in [2.05, 4.69) is 6.92 Å². The second-order valence-corrected chi connectivity index (χ2v) is 8.78.